The highest BCUT2D eigenvalue weighted by Gasteiger charge is 2.45. The lowest BCUT2D eigenvalue weighted by molar-refractivity contribution is -0.0816. The van der Waals surface area contributed by atoms with Gasteiger partial charge in [0.05, 0.1) is 18.0 Å². The van der Waals surface area contributed by atoms with Crippen LogP contribution < -0.4 is 5.73 Å². The summed E-state index contributed by atoms with van der Waals surface area (Å²) < 4.78 is 26.6. The Kier molecular flexibility index (Phi) is 3.62. The Hall–Kier alpha value is -1.25. The van der Waals surface area contributed by atoms with Crippen molar-refractivity contribution < 1.29 is 13.5 Å². The molecule has 3 N–H and O–H groups in total. The molecule has 1 aliphatic carbocycles. The predicted octanol–water partition coefficient (Wildman–Crippen LogP) is 0.374. The Morgan fingerprint density at radius 2 is 2.00 bits per heavy atom. The smallest absolute Gasteiger partial charge is 0.246 e. The Labute approximate surface area is 124 Å². The molecule has 0 amide bonds. The fourth-order valence-corrected chi connectivity index (χ4v) is 4.74. The monoisotopic (exact) mass is 312 g/mol. The highest BCUT2D eigenvalue weighted by atomic mass is 32.2. The molecule has 1 saturated heterocycles. The summed E-state index contributed by atoms with van der Waals surface area (Å²) in [6.07, 6.45) is 6.68. The van der Waals surface area contributed by atoms with E-state index in [2.05, 4.69) is 9.97 Å². The first-order valence-electron chi connectivity index (χ1n) is 7.22. The Bertz CT molecular complexity index is 619. The van der Waals surface area contributed by atoms with Crippen molar-refractivity contribution in [3.63, 3.8) is 0 Å². The molecule has 1 aromatic heterocycles. The van der Waals surface area contributed by atoms with Crippen LogP contribution in [-0.2, 0) is 10.0 Å². The van der Waals surface area contributed by atoms with Crippen LogP contribution in [0.25, 0.3) is 0 Å². The van der Waals surface area contributed by atoms with Crippen LogP contribution in [0.15, 0.2) is 17.3 Å². The number of aliphatic hydroxyl groups is 1. The van der Waals surface area contributed by atoms with Crippen LogP contribution in [0, 0.1) is 5.92 Å². The van der Waals surface area contributed by atoms with Gasteiger partial charge in [0.2, 0.25) is 16.0 Å². The minimum Gasteiger partial charge on any atom is -0.390 e. The second kappa shape index (κ2) is 5.19. The first-order valence-corrected chi connectivity index (χ1v) is 8.66. The third-order valence-electron chi connectivity index (χ3n) is 4.68. The first kappa shape index (κ1) is 14.7. The maximum Gasteiger partial charge on any atom is 0.246 e. The van der Waals surface area contributed by atoms with E-state index in [1.165, 1.54) is 16.7 Å². The molecule has 0 bridgehead atoms. The minimum atomic E-state index is -3.61. The summed E-state index contributed by atoms with van der Waals surface area (Å²) in [7, 11) is -3.61. The van der Waals surface area contributed by atoms with Crippen LogP contribution in [0.2, 0.25) is 0 Å². The van der Waals surface area contributed by atoms with Gasteiger partial charge in [0, 0.05) is 19.0 Å². The van der Waals surface area contributed by atoms with Crippen molar-refractivity contribution in [3.8, 4) is 0 Å². The maximum atomic E-state index is 12.6. The summed E-state index contributed by atoms with van der Waals surface area (Å²) >= 11 is 0. The predicted molar refractivity (Wildman–Crippen MR) is 76.7 cm³/mol. The topological polar surface area (TPSA) is 109 Å². The molecule has 2 fully saturated rings. The number of rotatable bonds is 2. The van der Waals surface area contributed by atoms with Gasteiger partial charge in [0.1, 0.15) is 4.90 Å². The molecule has 2 heterocycles. The third-order valence-corrected chi connectivity index (χ3v) is 6.49. The van der Waals surface area contributed by atoms with Crippen molar-refractivity contribution in [2.24, 2.45) is 5.92 Å². The van der Waals surface area contributed by atoms with Gasteiger partial charge in [-0.25, -0.2) is 18.4 Å². The second-order valence-corrected chi connectivity index (χ2v) is 7.87. The van der Waals surface area contributed by atoms with Gasteiger partial charge in [-0.05, 0) is 19.3 Å². The minimum absolute atomic E-state index is 0.0180. The van der Waals surface area contributed by atoms with Crippen molar-refractivity contribution in [1.82, 2.24) is 14.3 Å². The Balaban J connectivity index is 1.82. The number of nitrogen functional groups attached to an aromatic ring is 1. The zero-order chi connectivity index (χ0) is 15.1. The zero-order valence-electron chi connectivity index (χ0n) is 11.8. The molecule has 8 heteroatoms. The van der Waals surface area contributed by atoms with Crippen LogP contribution in [0.1, 0.15) is 32.1 Å². The van der Waals surface area contributed by atoms with Crippen molar-refractivity contribution in [2.75, 3.05) is 18.8 Å². The molecule has 116 valence electrons. The number of aromatic nitrogens is 2. The first-order chi connectivity index (χ1) is 9.92. The molecule has 0 radical (unpaired) electrons. The molecule has 2 unspecified atom stereocenters. The van der Waals surface area contributed by atoms with Gasteiger partial charge in [0.25, 0.3) is 0 Å². The van der Waals surface area contributed by atoms with Gasteiger partial charge >= 0.3 is 0 Å². The zero-order valence-corrected chi connectivity index (χ0v) is 12.6. The summed E-state index contributed by atoms with van der Waals surface area (Å²) in [5, 5.41) is 10.6. The Morgan fingerprint density at radius 3 is 2.71 bits per heavy atom. The molecule has 21 heavy (non-hydrogen) atoms. The number of fused-ring (bicyclic) bond motifs is 1. The van der Waals surface area contributed by atoms with E-state index in [0.717, 1.165) is 25.7 Å². The summed E-state index contributed by atoms with van der Waals surface area (Å²) in [6, 6.07) is 0. The van der Waals surface area contributed by atoms with Crippen molar-refractivity contribution in [3.05, 3.63) is 12.4 Å². The van der Waals surface area contributed by atoms with E-state index in [1.807, 2.05) is 0 Å². The molecule has 2 aliphatic rings. The molecule has 3 rings (SSSR count). The quantitative estimate of drug-likeness (QED) is 0.817. The molecule has 0 aromatic carbocycles. The molecular formula is C13H20N4O3S. The molecular weight excluding hydrogens is 292 g/mol. The van der Waals surface area contributed by atoms with Crippen molar-refractivity contribution in [2.45, 2.75) is 42.6 Å². The highest BCUT2D eigenvalue weighted by molar-refractivity contribution is 7.89. The second-order valence-electron chi connectivity index (χ2n) is 5.94. The standard InChI is InChI=1S/C13H20N4O3S/c14-12-15-7-11(8-16-12)21(19,20)17-6-5-13(18)4-2-1-3-10(13)9-17/h7-8,10,18H,1-6,9H2,(H2,14,15,16). The van der Waals surface area contributed by atoms with E-state index >= 15 is 0 Å². The summed E-state index contributed by atoms with van der Waals surface area (Å²) in [6.45, 7) is 0.697. The van der Waals surface area contributed by atoms with Gasteiger partial charge in [0.15, 0.2) is 0 Å². The number of anilines is 1. The number of nitrogens with two attached hydrogens (primary N) is 1. The number of piperidine rings is 1. The fraction of sp³-hybridized carbons (Fsp3) is 0.692. The highest BCUT2D eigenvalue weighted by Crippen LogP contribution is 2.40. The van der Waals surface area contributed by atoms with E-state index in [0.29, 0.717) is 19.5 Å². The largest absolute Gasteiger partial charge is 0.390 e. The Morgan fingerprint density at radius 1 is 1.29 bits per heavy atom. The third kappa shape index (κ3) is 2.63. The average molecular weight is 312 g/mol. The molecule has 0 spiro atoms. The van der Waals surface area contributed by atoms with Gasteiger partial charge < -0.3 is 10.8 Å². The summed E-state index contributed by atoms with van der Waals surface area (Å²) in [5.74, 6) is 0.0683. The van der Waals surface area contributed by atoms with Gasteiger partial charge in [-0.2, -0.15) is 4.31 Å². The molecule has 2 atom stereocenters. The van der Waals surface area contributed by atoms with Crippen molar-refractivity contribution >= 4 is 16.0 Å². The number of hydrogen-bond donors (Lipinski definition) is 2. The van der Waals surface area contributed by atoms with Crippen molar-refractivity contribution in [1.29, 1.82) is 0 Å². The van der Waals surface area contributed by atoms with Crippen LogP contribution in [0.5, 0.6) is 0 Å². The lowest BCUT2D eigenvalue weighted by atomic mass is 9.72. The van der Waals surface area contributed by atoms with E-state index in [-0.39, 0.29) is 16.8 Å². The average Bonchev–Trinajstić information content (AvgIpc) is 2.46. The molecule has 1 aliphatic heterocycles. The molecule has 1 saturated carbocycles. The maximum absolute atomic E-state index is 12.6. The van der Waals surface area contributed by atoms with E-state index in [1.54, 1.807) is 0 Å². The lowest BCUT2D eigenvalue weighted by Gasteiger charge is -2.46. The number of nitrogens with zero attached hydrogens (tertiary/aromatic N) is 3. The van der Waals surface area contributed by atoms with E-state index in [9.17, 15) is 13.5 Å². The number of sulfonamides is 1. The molecule has 7 nitrogen and oxygen atoms in total. The normalized spacial score (nSPS) is 30.8. The van der Waals surface area contributed by atoms with Crippen LogP contribution in [0.3, 0.4) is 0 Å². The van der Waals surface area contributed by atoms with Crippen LogP contribution >= 0.6 is 0 Å². The van der Waals surface area contributed by atoms with Gasteiger partial charge in [-0.15, -0.1) is 0 Å². The van der Waals surface area contributed by atoms with E-state index < -0.39 is 15.6 Å². The van der Waals surface area contributed by atoms with Crippen LogP contribution in [0.4, 0.5) is 5.95 Å². The van der Waals surface area contributed by atoms with E-state index in [4.69, 9.17) is 5.73 Å². The lowest BCUT2D eigenvalue weighted by Crippen LogP contribution is -2.54. The SMILES string of the molecule is Nc1ncc(S(=O)(=O)N2CCC3(O)CCCCC3C2)cn1. The number of hydrogen-bond acceptors (Lipinski definition) is 6. The summed E-state index contributed by atoms with van der Waals surface area (Å²) in [5.41, 5.74) is 4.70. The fourth-order valence-electron chi connectivity index (χ4n) is 3.37. The van der Waals surface area contributed by atoms with Gasteiger partial charge in [-0.3, -0.25) is 0 Å². The van der Waals surface area contributed by atoms with Crippen LogP contribution in [-0.4, -0.2) is 46.5 Å². The molecule has 1 aromatic rings. The summed E-state index contributed by atoms with van der Waals surface area (Å²) in [4.78, 5) is 7.55. The van der Waals surface area contributed by atoms with Gasteiger partial charge in [-0.1, -0.05) is 12.8 Å².